The normalized spacial score (nSPS) is 10.4. The van der Waals surface area contributed by atoms with Crippen molar-refractivity contribution >= 4 is 23.4 Å². The van der Waals surface area contributed by atoms with E-state index in [0.29, 0.717) is 5.22 Å². The zero-order chi connectivity index (χ0) is 12.4. The number of oxazole rings is 1. The van der Waals surface area contributed by atoms with Gasteiger partial charge < -0.3 is 15.3 Å². The average molecular weight is 250 g/mol. The van der Waals surface area contributed by atoms with Gasteiger partial charge in [-0.3, -0.25) is 0 Å². The van der Waals surface area contributed by atoms with Crippen LogP contribution in [0.3, 0.4) is 0 Å². The van der Waals surface area contributed by atoms with Crippen LogP contribution in [0, 0.1) is 6.92 Å². The zero-order valence-corrected chi connectivity index (χ0v) is 9.82. The van der Waals surface area contributed by atoms with Crippen molar-refractivity contribution < 1.29 is 14.3 Å². The highest BCUT2D eigenvalue weighted by molar-refractivity contribution is 7.99. The average Bonchev–Trinajstić information content (AvgIpc) is 2.63. The van der Waals surface area contributed by atoms with Gasteiger partial charge in [-0.25, -0.2) is 9.78 Å². The van der Waals surface area contributed by atoms with Gasteiger partial charge in [0.2, 0.25) is 0 Å². The Labute approximate surface area is 102 Å². The van der Waals surface area contributed by atoms with E-state index in [1.807, 2.05) is 6.92 Å². The van der Waals surface area contributed by atoms with Gasteiger partial charge in [0.05, 0.1) is 11.3 Å². The molecule has 17 heavy (non-hydrogen) atoms. The summed E-state index contributed by atoms with van der Waals surface area (Å²) in [6, 6.07) is 4.73. The molecule has 0 atom stereocenters. The number of aromatic nitrogens is 1. The van der Waals surface area contributed by atoms with Crippen molar-refractivity contribution in [3.05, 3.63) is 35.7 Å². The lowest BCUT2D eigenvalue weighted by atomic mass is 10.2. The molecule has 2 rings (SSSR count). The molecule has 0 aliphatic carbocycles. The van der Waals surface area contributed by atoms with Crippen LogP contribution in [0.1, 0.15) is 16.1 Å². The summed E-state index contributed by atoms with van der Waals surface area (Å²) in [7, 11) is 0. The zero-order valence-electron chi connectivity index (χ0n) is 9.01. The van der Waals surface area contributed by atoms with E-state index in [4.69, 9.17) is 15.3 Å². The molecule has 88 valence electrons. The molecule has 5 nitrogen and oxygen atoms in total. The van der Waals surface area contributed by atoms with Crippen molar-refractivity contribution in [2.75, 3.05) is 5.73 Å². The summed E-state index contributed by atoms with van der Waals surface area (Å²) < 4.78 is 5.18. The molecule has 0 saturated heterocycles. The molecule has 1 heterocycles. The van der Waals surface area contributed by atoms with Crippen LogP contribution in [-0.2, 0) is 0 Å². The molecule has 0 radical (unpaired) electrons. The van der Waals surface area contributed by atoms with Gasteiger partial charge in [0, 0.05) is 10.6 Å². The van der Waals surface area contributed by atoms with Crippen LogP contribution < -0.4 is 5.73 Å². The first-order chi connectivity index (χ1) is 8.06. The van der Waals surface area contributed by atoms with Crippen molar-refractivity contribution in [1.82, 2.24) is 4.98 Å². The summed E-state index contributed by atoms with van der Waals surface area (Å²) in [5.74, 6) is -1.04. The van der Waals surface area contributed by atoms with Gasteiger partial charge in [0.25, 0.3) is 5.22 Å². The molecule has 0 amide bonds. The molecule has 2 aromatic rings. The summed E-state index contributed by atoms with van der Waals surface area (Å²) in [5, 5.41) is 9.34. The first kappa shape index (κ1) is 11.5. The number of aromatic carboxylic acids is 1. The summed E-state index contributed by atoms with van der Waals surface area (Å²) in [5.41, 5.74) is 6.75. The SMILES string of the molecule is Cc1coc(Sc2ccc(C(=O)O)c(N)c2)n1. The Hall–Kier alpha value is -1.95. The number of nitrogens with two attached hydrogens (primary N) is 1. The third-order valence-corrected chi connectivity index (χ3v) is 2.91. The molecule has 0 saturated carbocycles. The van der Waals surface area contributed by atoms with Gasteiger partial charge in [-0.05, 0) is 36.9 Å². The maximum atomic E-state index is 10.8. The Bertz CT molecular complexity index is 566. The lowest BCUT2D eigenvalue weighted by Gasteiger charge is -2.02. The molecular formula is C11H10N2O3S. The molecule has 6 heteroatoms. The lowest BCUT2D eigenvalue weighted by molar-refractivity contribution is 0.0698. The number of anilines is 1. The molecule has 3 N–H and O–H groups in total. The number of hydrogen-bond donors (Lipinski definition) is 2. The predicted molar refractivity (Wildman–Crippen MR) is 63.2 cm³/mol. The molecule has 0 aliphatic heterocycles. The topological polar surface area (TPSA) is 89.3 Å². The maximum Gasteiger partial charge on any atom is 0.337 e. The van der Waals surface area contributed by atoms with E-state index >= 15 is 0 Å². The van der Waals surface area contributed by atoms with E-state index in [0.717, 1.165) is 10.6 Å². The Morgan fingerprint density at radius 1 is 1.53 bits per heavy atom. The Morgan fingerprint density at radius 2 is 2.29 bits per heavy atom. The molecule has 0 bridgehead atoms. The van der Waals surface area contributed by atoms with Gasteiger partial charge in [0.15, 0.2) is 0 Å². The summed E-state index contributed by atoms with van der Waals surface area (Å²) in [6.45, 7) is 1.83. The fraction of sp³-hybridized carbons (Fsp3) is 0.0909. The second-order valence-corrected chi connectivity index (χ2v) is 4.44. The van der Waals surface area contributed by atoms with E-state index < -0.39 is 5.97 Å². The van der Waals surface area contributed by atoms with Crippen molar-refractivity contribution in [2.45, 2.75) is 17.0 Å². The minimum Gasteiger partial charge on any atom is -0.478 e. The van der Waals surface area contributed by atoms with Gasteiger partial charge in [-0.15, -0.1) is 0 Å². The third-order valence-electron chi connectivity index (χ3n) is 2.06. The third kappa shape index (κ3) is 2.59. The highest BCUT2D eigenvalue weighted by Crippen LogP contribution is 2.29. The number of rotatable bonds is 3. The molecular weight excluding hydrogens is 240 g/mol. The Morgan fingerprint density at radius 3 is 2.82 bits per heavy atom. The molecule has 1 aromatic carbocycles. The number of aryl methyl sites for hydroxylation is 1. The summed E-state index contributed by atoms with van der Waals surface area (Å²) in [6.07, 6.45) is 1.55. The van der Waals surface area contributed by atoms with Gasteiger partial charge in [-0.1, -0.05) is 0 Å². The van der Waals surface area contributed by atoms with Crippen LogP contribution in [-0.4, -0.2) is 16.1 Å². The molecule has 0 fully saturated rings. The minimum absolute atomic E-state index is 0.0953. The Kier molecular flexibility index (Phi) is 3.06. The lowest BCUT2D eigenvalue weighted by Crippen LogP contribution is -2.01. The summed E-state index contributed by atoms with van der Waals surface area (Å²) in [4.78, 5) is 15.7. The fourth-order valence-electron chi connectivity index (χ4n) is 1.28. The highest BCUT2D eigenvalue weighted by Gasteiger charge is 2.10. The van der Waals surface area contributed by atoms with Gasteiger partial charge in [-0.2, -0.15) is 0 Å². The number of hydrogen-bond acceptors (Lipinski definition) is 5. The number of benzene rings is 1. The number of carboxylic acids is 1. The van der Waals surface area contributed by atoms with E-state index in [-0.39, 0.29) is 11.3 Å². The molecule has 1 aromatic heterocycles. The van der Waals surface area contributed by atoms with Crippen molar-refractivity contribution in [3.8, 4) is 0 Å². The van der Waals surface area contributed by atoms with E-state index in [2.05, 4.69) is 4.98 Å². The van der Waals surface area contributed by atoms with Crippen LogP contribution in [0.15, 0.2) is 39.0 Å². The van der Waals surface area contributed by atoms with E-state index in [1.165, 1.54) is 17.8 Å². The van der Waals surface area contributed by atoms with E-state index in [9.17, 15) is 4.79 Å². The molecule has 0 aliphatic rings. The van der Waals surface area contributed by atoms with E-state index in [1.54, 1.807) is 18.4 Å². The number of carbonyl (C=O) groups is 1. The number of nitrogens with zero attached hydrogens (tertiary/aromatic N) is 1. The number of nitrogen functional groups attached to an aromatic ring is 1. The quantitative estimate of drug-likeness (QED) is 0.813. The fourth-order valence-corrected chi connectivity index (χ4v) is 2.09. The molecule has 0 unspecified atom stereocenters. The van der Waals surface area contributed by atoms with Crippen LogP contribution in [0.5, 0.6) is 0 Å². The second kappa shape index (κ2) is 4.50. The number of carboxylic acid groups (broad SMARTS) is 1. The Balaban J connectivity index is 2.23. The van der Waals surface area contributed by atoms with Crippen molar-refractivity contribution in [1.29, 1.82) is 0 Å². The van der Waals surface area contributed by atoms with Gasteiger partial charge in [0.1, 0.15) is 6.26 Å². The van der Waals surface area contributed by atoms with Crippen LogP contribution in [0.25, 0.3) is 0 Å². The van der Waals surface area contributed by atoms with Crippen molar-refractivity contribution in [2.24, 2.45) is 0 Å². The minimum atomic E-state index is -1.04. The van der Waals surface area contributed by atoms with Crippen LogP contribution in [0.4, 0.5) is 5.69 Å². The van der Waals surface area contributed by atoms with Gasteiger partial charge >= 0.3 is 5.97 Å². The van der Waals surface area contributed by atoms with Crippen molar-refractivity contribution in [3.63, 3.8) is 0 Å². The predicted octanol–water partition coefficient (Wildman–Crippen LogP) is 2.41. The monoisotopic (exact) mass is 250 g/mol. The second-order valence-electron chi connectivity index (χ2n) is 3.41. The standard InChI is InChI=1S/C11H10N2O3S/c1-6-5-16-11(13-6)17-7-2-3-8(10(14)15)9(12)4-7/h2-5H,12H2,1H3,(H,14,15). The van der Waals surface area contributed by atoms with Crippen LogP contribution >= 0.6 is 11.8 Å². The smallest absolute Gasteiger partial charge is 0.337 e. The largest absolute Gasteiger partial charge is 0.478 e. The highest BCUT2D eigenvalue weighted by atomic mass is 32.2. The first-order valence-corrected chi connectivity index (χ1v) is 5.60. The van der Waals surface area contributed by atoms with Crippen LogP contribution in [0.2, 0.25) is 0 Å². The molecule has 0 spiro atoms. The first-order valence-electron chi connectivity index (χ1n) is 4.79. The summed E-state index contributed by atoms with van der Waals surface area (Å²) >= 11 is 1.29. The maximum absolute atomic E-state index is 10.8.